The minimum Gasteiger partial charge on any atom is -0.355 e. The Morgan fingerprint density at radius 1 is 1.05 bits per heavy atom. The molecule has 0 spiro atoms. The maximum Gasteiger partial charge on any atom is 0.417 e. The van der Waals surface area contributed by atoms with Crippen LogP contribution in [0.1, 0.15) is 69.7 Å². The molecule has 3 heterocycles. The molecule has 0 radical (unpaired) electrons. The van der Waals surface area contributed by atoms with Gasteiger partial charge in [0.2, 0.25) is 5.95 Å². The lowest BCUT2D eigenvalue weighted by Gasteiger charge is -2.34. The Balaban J connectivity index is 1.64. The molecule has 1 aliphatic heterocycles. The Bertz CT molecular complexity index is 1810. The van der Waals surface area contributed by atoms with Gasteiger partial charge in [-0.2, -0.15) is 18.3 Å². The lowest BCUT2D eigenvalue weighted by atomic mass is 9.98. The number of nitrogens with one attached hydrogen (secondary N) is 1. The van der Waals surface area contributed by atoms with E-state index in [1.54, 1.807) is 35.9 Å². The van der Waals surface area contributed by atoms with Gasteiger partial charge in [0.15, 0.2) is 0 Å². The van der Waals surface area contributed by atoms with Crippen molar-refractivity contribution < 1.29 is 22.8 Å². The third kappa shape index (κ3) is 5.68. The lowest BCUT2D eigenvalue weighted by molar-refractivity contribution is -0.138. The summed E-state index contributed by atoms with van der Waals surface area (Å²) in [6, 6.07) is 11.4. The van der Waals surface area contributed by atoms with Gasteiger partial charge in [0, 0.05) is 39.9 Å². The van der Waals surface area contributed by atoms with Gasteiger partial charge in [-0.05, 0) is 74.7 Å². The molecule has 1 aliphatic rings. The molecule has 1 atom stereocenters. The number of halogens is 4. The first-order valence-corrected chi connectivity index (χ1v) is 14.9. The quantitative estimate of drug-likeness (QED) is 0.301. The molecule has 0 fully saturated rings. The molecule has 2 aromatic heterocycles. The van der Waals surface area contributed by atoms with Crippen LogP contribution in [0.2, 0.25) is 0 Å². The van der Waals surface area contributed by atoms with E-state index in [2.05, 4.69) is 21.2 Å². The second kappa shape index (κ2) is 12.0. The smallest absolute Gasteiger partial charge is 0.355 e. The van der Waals surface area contributed by atoms with E-state index in [0.29, 0.717) is 35.3 Å². The van der Waals surface area contributed by atoms with Gasteiger partial charge in [-0.25, -0.2) is 14.2 Å². The Kier molecular flexibility index (Phi) is 8.52. The Labute approximate surface area is 259 Å². The van der Waals surface area contributed by atoms with E-state index >= 15 is 0 Å². The number of rotatable bonds is 6. The van der Waals surface area contributed by atoms with E-state index in [1.807, 2.05) is 19.9 Å². The molecular formula is C31H30BrF3N6O3. The molecule has 9 nitrogen and oxygen atoms in total. The molecule has 5 rings (SSSR count). The van der Waals surface area contributed by atoms with Gasteiger partial charge in [0.05, 0.1) is 29.2 Å². The Hall–Kier alpha value is -4.26. The van der Waals surface area contributed by atoms with E-state index < -0.39 is 23.7 Å². The molecule has 2 amide bonds. The van der Waals surface area contributed by atoms with Gasteiger partial charge >= 0.3 is 6.18 Å². The van der Waals surface area contributed by atoms with E-state index in [4.69, 9.17) is 10.1 Å². The van der Waals surface area contributed by atoms with Gasteiger partial charge in [0.1, 0.15) is 0 Å². The fourth-order valence-corrected chi connectivity index (χ4v) is 5.78. The van der Waals surface area contributed by atoms with E-state index in [0.717, 1.165) is 17.5 Å². The van der Waals surface area contributed by atoms with Gasteiger partial charge in [0.25, 0.3) is 17.4 Å². The SMILES string of the molecule is CCc1cc(CC)n(-c2nc3c(c(=O)n2-c2ccc(C(=O)NC)cc2)C[C@@H](C)N(C(=O)c2ccc(Br)c(C(F)(F)F)c2)C3)n1. The number of carbonyl (C=O) groups is 2. The average Bonchev–Trinajstić information content (AvgIpc) is 3.44. The molecule has 13 heteroatoms. The van der Waals surface area contributed by atoms with Crippen LogP contribution in [0.4, 0.5) is 13.2 Å². The Morgan fingerprint density at radius 2 is 1.73 bits per heavy atom. The number of amides is 2. The van der Waals surface area contributed by atoms with Crippen LogP contribution < -0.4 is 10.9 Å². The summed E-state index contributed by atoms with van der Waals surface area (Å²) in [6.45, 7) is 5.60. The number of hydrogen-bond donors (Lipinski definition) is 1. The van der Waals surface area contributed by atoms with Crippen molar-refractivity contribution in [2.75, 3.05) is 7.05 Å². The third-order valence-electron chi connectivity index (χ3n) is 7.74. The number of hydrogen-bond acceptors (Lipinski definition) is 5. The standard InChI is InChI=1S/C31H30BrF3N6O3/c1-5-20-15-21(6-2)41(38-20)30-37-26-16-39(28(43)19-9-12-25(32)24(14-19)31(33,34)35)17(3)13-23(26)29(44)40(30)22-10-7-18(8-11-22)27(42)36-4/h7-12,14-15,17H,5-6,13,16H2,1-4H3,(H,36,42)/t17-/m1/s1. The molecule has 0 aliphatic carbocycles. The fraction of sp³-hybridized carbons (Fsp3) is 0.323. The highest BCUT2D eigenvalue weighted by molar-refractivity contribution is 9.10. The monoisotopic (exact) mass is 670 g/mol. The van der Waals surface area contributed by atoms with Crippen molar-refractivity contribution in [1.82, 2.24) is 29.5 Å². The zero-order chi connectivity index (χ0) is 31.9. The first kappa shape index (κ1) is 31.2. The molecule has 4 aromatic rings. The maximum absolute atomic E-state index is 14.2. The first-order valence-electron chi connectivity index (χ1n) is 14.1. The maximum atomic E-state index is 14.2. The second-order valence-corrected chi connectivity index (χ2v) is 11.4. The van der Waals surface area contributed by atoms with Gasteiger partial charge in [-0.1, -0.05) is 29.8 Å². The topological polar surface area (TPSA) is 102 Å². The van der Waals surface area contributed by atoms with Crippen molar-refractivity contribution in [3.05, 3.63) is 103 Å². The summed E-state index contributed by atoms with van der Waals surface area (Å²) in [4.78, 5) is 46.2. The van der Waals surface area contributed by atoms with E-state index in [-0.39, 0.29) is 40.4 Å². The number of aryl methyl sites for hydroxylation is 2. The molecule has 0 saturated carbocycles. The predicted molar refractivity (Wildman–Crippen MR) is 161 cm³/mol. The van der Waals surface area contributed by atoms with Crippen molar-refractivity contribution in [1.29, 1.82) is 0 Å². The highest BCUT2D eigenvalue weighted by atomic mass is 79.9. The molecule has 2 aromatic carbocycles. The summed E-state index contributed by atoms with van der Waals surface area (Å²) in [5, 5.41) is 7.27. The molecule has 44 heavy (non-hydrogen) atoms. The molecule has 0 saturated heterocycles. The number of nitrogens with zero attached hydrogens (tertiary/aromatic N) is 5. The average molecular weight is 672 g/mol. The highest BCUT2D eigenvalue weighted by Crippen LogP contribution is 2.36. The largest absolute Gasteiger partial charge is 0.417 e. The normalized spacial score (nSPS) is 14.8. The van der Waals surface area contributed by atoms with Crippen molar-refractivity contribution in [3.63, 3.8) is 0 Å². The predicted octanol–water partition coefficient (Wildman–Crippen LogP) is 5.27. The summed E-state index contributed by atoms with van der Waals surface area (Å²) in [5.41, 5.74) is 1.84. The molecule has 0 unspecified atom stereocenters. The van der Waals surface area contributed by atoms with Crippen LogP contribution in [-0.4, -0.2) is 49.1 Å². The van der Waals surface area contributed by atoms with Crippen molar-refractivity contribution >= 4 is 27.7 Å². The van der Waals surface area contributed by atoms with E-state index in [9.17, 15) is 27.6 Å². The summed E-state index contributed by atoms with van der Waals surface area (Å²) < 4.78 is 43.6. The second-order valence-electron chi connectivity index (χ2n) is 10.5. The van der Waals surface area contributed by atoms with Gasteiger partial charge < -0.3 is 10.2 Å². The van der Waals surface area contributed by atoms with Crippen molar-refractivity contribution in [2.24, 2.45) is 0 Å². The Morgan fingerprint density at radius 3 is 2.34 bits per heavy atom. The number of alkyl halides is 3. The van der Waals surface area contributed by atoms with Crippen LogP contribution in [0.25, 0.3) is 11.6 Å². The van der Waals surface area contributed by atoms with Crippen molar-refractivity contribution in [2.45, 2.75) is 58.8 Å². The van der Waals surface area contributed by atoms with Gasteiger partial charge in [-0.3, -0.25) is 14.4 Å². The van der Waals surface area contributed by atoms with Crippen LogP contribution in [0, 0.1) is 0 Å². The lowest BCUT2D eigenvalue weighted by Crippen LogP contribution is -2.46. The summed E-state index contributed by atoms with van der Waals surface area (Å²) >= 11 is 2.92. The number of fused-ring (bicyclic) bond motifs is 1. The van der Waals surface area contributed by atoms with Crippen LogP contribution in [-0.2, 0) is 32.0 Å². The van der Waals surface area contributed by atoms with Crippen LogP contribution in [0.3, 0.4) is 0 Å². The van der Waals surface area contributed by atoms with Crippen LogP contribution >= 0.6 is 15.9 Å². The number of benzene rings is 2. The number of carbonyl (C=O) groups excluding carboxylic acids is 2. The summed E-state index contributed by atoms with van der Waals surface area (Å²) in [6.07, 6.45) is -3.25. The molecule has 1 N–H and O–H groups in total. The minimum absolute atomic E-state index is 0.0746. The minimum atomic E-state index is -4.65. The van der Waals surface area contributed by atoms with Gasteiger partial charge in [-0.15, -0.1) is 0 Å². The molecular weight excluding hydrogens is 641 g/mol. The first-order chi connectivity index (χ1) is 20.9. The highest BCUT2D eigenvalue weighted by Gasteiger charge is 2.36. The summed E-state index contributed by atoms with van der Waals surface area (Å²) in [5.74, 6) is -0.657. The number of aromatic nitrogens is 4. The van der Waals surface area contributed by atoms with Crippen LogP contribution in [0.5, 0.6) is 0 Å². The van der Waals surface area contributed by atoms with Crippen molar-refractivity contribution in [3.8, 4) is 11.6 Å². The fourth-order valence-electron chi connectivity index (χ4n) is 5.31. The van der Waals surface area contributed by atoms with E-state index in [1.165, 1.54) is 28.6 Å². The van der Waals surface area contributed by atoms with Crippen LogP contribution in [0.15, 0.2) is 57.8 Å². The molecule has 0 bridgehead atoms. The third-order valence-corrected chi connectivity index (χ3v) is 8.43. The summed E-state index contributed by atoms with van der Waals surface area (Å²) in [7, 11) is 1.53. The zero-order valence-electron chi connectivity index (χ0n) is 24.5. The molecule has 230 valence electrons. The zero-order valence-corrected chi connectivity index (χ0v) is 26.1.